The number of rotatable bonds is 4. The number of ether oxygens (including phenoxy) is 3. The third-order valence-electron chi connectivity index (χ3n) is 3.78. The molecule has 1 atom stereocenters. The number of nitrogens with zero attached hydrogens (tertiary/aromatic N) is 2. The van der Waals surface area contributed by atoms with Gasteiger partial charge in [0.05, 0.1) is 5.69 Å². The molecule has 2 aromatic carbocycles. The van der Waals surface area contributed by atoms with Crippen molar-refractivity contribution < 1.29 is 14.2 Å². The SMILES string of the molecule is C[C@H](Oc1ccc2c(c1)OCO2)c1ccnc(-c2ccccc2)n1. The van der Waals surface area contributed by atoms with Crippen LogP contribution in [0, 0.1) is 0 Å². The third kappa shape index (κ3) is 2.88. The van der Waals surface area contributed by atoms with Crippen molar-refractivity contribution in [3.05, 3.63) is 66.5 Å². The summed E-state index contributed by atoms with van der Waals surface area (Å²) in [5.41, 5.74) is 1.80. The zero-order chi connectivity index (χ0) is 16.4. The highest BCUT2D eigenvalue weighted by Gasteiger charge is 2.16. The minimum Gasteiger partial charge on any atom is -0.484 e. The van der Waals surface area contributed by atoms with Gasteiger partial charge in [0.2, 0.25) is 6.79 Å². The summed E-state index contributed by atoms with van der Waals surface area (Å²) in [5, 5.41) is 0. The highest BCUT2D eigenvalue weighted by Crippen LogP contribution is 2.36. The normalized spacial score (nSPS) is 13.5. The van der Waals surface area contributed by atoms with Gasteiger partial charge in [0, 0.05) is 17.8 Å². The standard InChI is InChI=1S/C19H16N2O3/c1-13(24-15-7-8-17-18(11-15)23-12-22-17)16-9-10-20-19(21-16)14-5-3-2-4-6-14/h2-11,13H,12H2,1H3/t13-/m0/s1. The Morgan fingerprint density at radius 1 is 1.00 bits per heavy atom. The number of aromatic nitrogens is 2. The Kier molecular flexibility index (Phi) is 3.75. The van der Waals surface area contributed by atoms with Crippen molar-refractivity contribution in [1.82, 2.24) is 9.97 Å². The molecule has 0 amide bonds. The van der Waals surface area contributed by atoms with E-state index in [1.165, 1.54) is 0 Å². The summed E-state index contributed by atoms with van der Waals surface area (Å²) < 4.78 is 16.7. The van der Waals surface area contributed by atoms with Gasteiger partial charge in [-0.15, -0.1) is 0 Å². The van der Waals surface area contributed by atoms with Gasteiger partial charge in [-0.05, 0) is 25.1 Å². The van der Waals surface area contributed by atoms with Crippen LogP contribution in [0.4, 0.5) is 0 Å². The average molecular weight is 320 g/mol. The van der Waals surface area contributed by atoms with E-state index < -0.39 is 0 Å². The summed E-state index contributed by atoms with van der Waals surface area (Å²) >= 11 is 0. The third-order valence-corrected chi connectivity index (χ3v) is 3.78. The van der Waals surface area contributed by atoms with Crippen LogP contribution in [0.5, 0.6) is 17.2 Å². The van der Waals surface area contributed by atoms with Crippen molar-refractivity contribution >= 4 is 0 Å². The predicted molar refractivity (Wildman–Crippen MR) is 89.1 cm³/mol. The first-order valence-electron chi connectivity index (χ1n) is 7.74. The van der Waals surface area contributed by atoms with Gasteiger partial charge in [-0.2, -0.15) is 0 Å². The van der Waals surface area contributed by atoms with Crippen molar-refractivity contribution in [2.45, 2.75) is 13.0 Å². The summed E-state index contributed by atoms with van der Waals surface area (Å²) in [5.74, 6) is 2.84. The highest BCUT2D eigenvalue weighted by molar-refractivity contribution is 5.54. The molecule has 0 spiro atoms. The molecule has 0 radical (unpaired) electrons. The Hall–Kier alpha value is -3.08. The Balaban J connectivity index is 1.55. The largest absolute Gasteiger partial charge is 0.484 e. The fourth-order valence-corrected chi connectivity index (χ4v) is 2.54. The lowest BCUT2D eigenvalue weighted by atomic mass is 10.2. The maximum atomic E-state index is 5.99. The molecule has 1 aromatic heterocycles. The van der Waals surface area contributed by atoms with Crippen molar-refractivity contribution in [2.75, 3.05) is 6.79 Å². The van der Waals surface area contributed by atoms with Gasteiger partial charge in [0.1, 0.15) is 11.9 Å². The second-order valence-corrected chi connectivity index (χ2v) is 5.45. The first kappa shape index (κ1) is 14.5. The smallest absolute Gasteiger partial charge is 0.231 e. The predicted octanol–water partition coefficient (Wildman–Crippen LogP) is 4.01. The molecule has 120 valence electrons. The van der Waals surface area contributed by atoms with E-state index in [9.17, 15) is 0 Å². The number of hydrogen-bond donors (Lipinski definition) is 0. The summed E-state index contributed by atoms with van der Waals surface area (Å²) in [6.45, 7) is 2.21. The van der Waals surface area contributed by atoms with E-state index in [0.717, 1.165) is 17.0 Å². The first-order chi connectivity index (χ1) is 11.8. The minimum atomic E-state index is -0.212. The fraction of sp³-hybridized carbons (Fsp3) is 0.158. The van der Waals surface area contributed by atoms with Gasteiger partial charge < -0.3 is 14.2 Å². The Morgan fingerprint density at radius 2 is 1.83 bits per heavy atom. The maximum Gasteiger partial charge on any atom is 0.231 e. The number of hydrogen-bond acceptors (Lipinski definition) is 5. The molecule has 1 aliphatic heterocycles. The molecule has 0 aliphatic carbocycles. The van der Waals surface area contributed by atoms with Crippen LogP contribution in [0.3, 0.4) is 0 Å². The van der Waals surface area contributed by atoms with Gasteiger partial charge in [-0.3, -0.25) is 0 Å². The molecular formula is C19H16N2O3. The second kappa shape index (κ2) is 6.20. The van der Waals surface area contributed by atoms with E-state index in [1.807, 2.05) is 61.5 Å². The lowest BCUT2D eigenvalue weighted by Crippen LogP contribution is -2.06. The summed E-state index contributed by atoms with van der Waals surface area (Å²) in [6, 6.07) is 17.3. The molecule has 1 aliphatic rings. The van der Waals surface area contributed by atoms with E-state index in [1.54, 1.807) is 6.20 Å². The van der Waals surface area contributed by atoms with Crippen LogP contribution in [-0.4, -0.2) is 16.8 Å². The lowest BCUT2D eigenvalue weighted by molar-refractivity contribution is 0.173. The van der Waals surface area contributed by atoms with Gasteiger partial charge in [-0.25, -0.2) is 9.97 Å². The second-order valence-electron chi connectivity index (χ2n) is 5.45. The number of benzene rings is 2. The molecule has 4 rings (SSSR count). The molecule has 24 heavy (non-hydrogen) atoms. The van der Waals surface area contributed by atoms with Crippen LogP contribution < -0.4 is 14.2 Å². The molecule has 0 fully saturated rings. The monoisotopic (exact) mass is 320 g/mol. The molecular weight excluding hydrogens is 304 g/mol. The van der Waals surface area contributed by atoms with E-state index >= 15 is 0 Å². The van der Waals surface area contributed by atoms with Crippen LogP contribution in [0.15, 0.2) is 60.8 Å². The van der Waals surface area contributed by atoms with Gasteiger partial charge >= 0.3 is 0 Å². The fourth-order valence-electron chi connectivity index (χ4n) is 2.54. The van der Waals surface area contributed by atoms with Crippen molar-refractivity contribution in [3.8, 4) is 28.6 Å². The Morgan fingerprint density at radius 3 is 2.71 bits per heavy atom. The van der Waals surface area contributed by atoms with Crippen LogP contribution in [0.1, 0.15) is 18.7 Å². The van der Waals surface area contributed by atoms with Crippen molar-refractivity contribution in [1.29, 1.82) is 0 Å². The zero-order valence-corrected chi connectivity index (χ0v) is 13.2. The van der Waals surface area contributed by atoms with Crippen LogP contribution in [0.2, 0.25) is 0 Å². The molecule has 0 unspecified atom stereocenters. The number of fused-ring (bicyclic) bond motifs is 1. The van der Waals surface area contributed by atoms with E-state index in [4.69, 9.17) is 14.2 Å². The van der Waals surface area contributed by atoms with Gasteiger partial charge in [0.15, 0.2) is 17.3 Å². The molecule has 3 aromatic rings. The molecule has 0 saturated heterocycles. The summed E-state index contributed by atoms with van der Waals surface area (Å²) in [7, 11) is 0. The summed E-state index contributed by atoms with van der Waals surface area (Å²) in [4.78, 5) is 8.96. The quantitative estimate of drug-likeness (QED) is 0.727. The van der Waals surface area contributed by atoms with E-state index in [0.29, 0.717) is 17.3 Å². The molecule has 0 N–H and O–H groups in total. The molecule has 5 nitrogen and oxygen atoms in total. The average Bonchev–Trinajstić information content (AvgIpc) is 3.10. The van der Waals surface area contributed by atoms with Crippen LogP contribution in [0.25, 0.3) is 11.4 Å². The van der Waals surface area contributed by atoms with E-state index in [2.05, 4.69) is 9.97 Å². The minimum absolute atomic E-state index is 0.212. The Labute approximate surface area is 139 Å². The molecule has 0 saturated carbocycles. The lowest BCUT2D eigenvalue weighted by Gasteiger charge is -2.15. The molecule has 2 heterocycles. The topological polar surface area (TPSA) is 53.5 Å². The van der Waals surface area contributed by atoms with Gasteiger partial charge in [0.25, 0.3) is 0 Å². The molecule has 5 heteroatoms. The van der Waals surface area contributed by atoms with Crippen LogP contribution >= 0.6 is 0 Å². The van der Waals surface area contributed by atoms with Crippen molar-refractivity contribution in [2.24, 2.45) is 0 Å². The highest BCUT2D eigenvalue weighted by atomic mass is 16.7. The van der Waals surface area contributed by atoms with Crippen LogP contribution in [-0.2, 0) is 0 Å². The van der Waals surface area contributed by atoms with Crippen molar-refractivity contribution in [3.63, 3.8) is 0 Å². The Bertz CT molecular complexity index is 852. The maximum absolute atomic E-state index is 5.99. The summed E-state index contributed by atoms with van der Waals surface area (Å²) in [6.07, 6.45) is 1.54. The first-order valence-corrected chi connectivity index (χ1v) is 7.74. The zero-order valence-electron chi connectivity index (χ0n) is 13.2. The molecule has 0 bridgehead atoms. The van der Waals surface area contributed by atoms with Gasteiger partial charge in [-0.1, -0.05) is 30.3 Å². The van der Waals surface area contributed by atoms with E-state index in [-0.39, 0.29) is 12.9 Å².